The number of nitrogens with zero attached hydrogens (tertiary/aromatic N) is 3. The van der Waals surface area contributed by atoms with Crippen LogP contribution in [0.5, 0.6) is 0 Å². The van der Waals surface area contributed by atoms with Gasteiger partial charge in [-0.2, -0.15) is 0 Å². The molecule has 0 bridgehead atoms. The van der Waals surface area contributed by atoms with E-state index in [0.29, 0.717) is 0 Å². The fourth-order valence-corrected chi connectivity index (χ4v) is 6.64. The van der Waals surface area contributed by atoms with Gasteiger partial charge >= 0.3 is 0 Å². The molecule has 1 aliphatic carbocycles. The van der Waals surface area contributed by atoms with Crippen LogP contribution in [0.3, 0.4) is 0 Å². The van der Waals surface area contributed by atoms with Crippen LogP contribution in [0.2, 0.25) is 0 Å². The zero-order valence-corrected chi connectivity index (χ0v) is 23.6. The standard InChI is InChI=1S/C39H31N3/c1-41-36(30-20-18-28(19-21-30)32-14-9-13-31(26-32)27-10-3-2-4-11-27)24-25-40-39(41)42-37-17-8-7-16-34(37)35-23-22-29-12-5-6-15-33(29)38(35)42/h2-3,5-10,12-26,36H,4,11H2,1H3. The van der Waals surface area contributed by atoms with E-state index in [0.717, 1.165) is 18.8 Å². The lowest BCUT2D eigenvalue weighted by Gasteiger charge is -2.32. The zero-order valence-electron chi connectivity index (χ0n) is 23.6. The fourth-order valence-electron chi connectivity index (χ4n) is 6.64. The number of hydrogen-bond acceptors (Lipinski definition) is 2. The molecule has 1 unspecified atom stereocenters. The molecule has 0 N–H and O–H groups in total. The molecule has 3 nitrogen and oxygen atoms in total. The molecule has 8 rings (SSSR count). The van der Waals surface area contributed by atoms with Crippen molar-refractivity contribution in [2.75, 3.05) is 7.05 Å². The van der Waals surface area contributed by atoms with Gasteiger partial charge in [0.25, 0.3) is 0 Å². The summed E-state index contributed by atoms with van der Waals surface area (Å²) in [6.07, 6.45) is 13.0. The van der Waals surface area contributed by atoms with E-state index >= 15 is 0 Å². The monoisotopic (exact) mass is 541 g/mol. The van der Waals surface area contributed by atoms with E-state index in [-0.39, 0.29) is 6.04 Å². The van der Waals surface area contributed by atoms with Gasteiger partial charge in [0.15, 0.2) is 0 Å². The van der Waals surface area contributed by atoms with Crippen molar-refractivity contribution in [2.45, 2.75) is 18.9 Å². The normalized spacial score (nSPS) is 16.8. The van der Waals surface area contributed by atoms with Crippen molar-refractivity contribution in [1.82, 2.24) is 9.47 Å². The summed E-state index contributed by atoms with van der Waals surface area (Å²) >= 11 is 0. The Labute approximate surface area is 246 Å². The summed E-state index contributed by atoms with van der Waals surface area (Å²) in [6, 6.07) is 39.8. The number of likely N-dealkylation sites (N-methyl/N-ethyl adjacent to an activating group) is 1. The highest BCUT2D eigenvalue weighted by Gasteiger charge is 2.25. The lowest BCUT2D eigenvalue weighted by atomic mass is 9.93. The number of hydrogen-bond donors (Lipinski definition) is 0. The summed E-state index contributed by atoms with van der Waals surface area (Å²) in [5.41, 5.74) is 8.83. The summed E-state index contributed by atoms with van der Waals surface area (Å²) in [4.78, 5) is 7.27. The van der Waals surface area contributed by atoms with Gasteiger partial charge in [-0.1, -0.05) is 115 Å². The molecule has 0 saturated carbocycles. The van der Waals surface area contributed by atoms with Crippen LogP contribution in [0.15, 0.2) is 145 Å². The molecule has 42 heavy (non-hydrogen) atoms. The maximum absolute atomic E-state index is 4.97. The number of aromatic nitrogens is 1. The van der Waals surface area contributed by atoms with Crippen molar-refractivity contribution in [2.24, 2.45) is 4.99 Å². The zero-order chi connectivity index (χ0) is 28.0. The molecule has 0 spiro atoms. The maximum atomic E-state index is 4.97. The van der Waals surface area contributed by atoms with E-state index in [1.54, 1.807) is 0 Å². The first-order valence-electron chi connectivity index (χ1n) is 14.7. The molecular formula is C39H31N3. The Morgan fingerprint density at radius 3 is 2.38 bits per heavy atom. The van der Waals surface area contributed by atoms with Gasteiger partial charge in [0, 0.05) is 29.4 Å². The highest BCUT2D eigenvalue weighted by atomic mass is 15.3. The van der Waals surface area contributed by atoms with Crippen molar-refractivity contribution in [3.8, 4) is 11.1 Å². The van der Waals surface area contributed by atoms with Gasteiger partial charge in [-0.05, 0) is 64.3 Å². The number of benzene rings is 5. The summed E-state index contributed by atoms with van der Waals surface area (Å²) in [6.45, 7) is 0. The fraction of sp³-hybridized carbons (Fsp3) is 0.103. The van der Waals surface area contributed by atoms with Crippen LogP contribution in [0.25, 0.3) is 49.3 Å². The van der Waals surface area contributed by atoms with Crippen molar-refractivity contribution in [3.05, 3.63) is 151 Å². The van der Waals surface area contributed by atoms with Gasteiger partial charge in [0.05, 0.1) is 17.1 Å². The van der Waals surface area contributed by atoms with E-state index in [1.807, 2.05) is 6.20 Å². The maximum Gasteiger partial charge on any atom is 0.211 e. The number of fused-ring (bicyclic) bond motifs is 5. The number of aliphatic imine (C=N–C) groups is 1. The van der Waals surface area contributed by atoms with E-state index < -0.39 is 0 Å². The minimum Gasteiger partial charge on any atom is -0.334 e. The second-order valence-corrected chi connectivity index (χ2v) is 11.2. The third-order valence-electron chi connectivity index (χ3n) is 8.78. The summed E-state index contributed by atoms with van der Waals surface area (Å²) in [5, 5.41) is 4.96. The van der Waals surface area contributed by atoms with Crippen LogP contribution in [0, 0.1) is 0 Å². The van der Waals surface area contributed by atoms with Crippen LogP contribution in [-0.4, -0.2) is 22.5 Å². The lowest BCUT2D eigenvalue weighted by Crippen LogP contribution is -2.36. The molecule has 0 saturated heterocycles. The average molecular weight is 542 g/mol. The highest BCUT2D eigenvalue weighted by Crippen LogP contribution is 2.37. The van der Waals surface area contributed by atoms with Crippen LogP contribution < -0.4 is 0 Å². The predicted molar refractivity (Wildman–Crippen MR) is 178 cm³/mol. The van der Waals surface area contributed by atoms with Crippen LogP contribution in [0.4, 0.5) is 0 Å². The summed E-state index contributed by atoms with van der Waals surface area (Å²) in [5.74, 6) is 0.927. The predicted octanol–water partition coefficient (Wildman–Crippen LogP) is 9.75. The molecule has 0 radical (unpaired) electrons. The van der Waals surface area contributed by atoms with E-state index in [4.69, 9.17) is 4.99 Å². The first kappa shape index (κ1) is 24.6. The van der Waals surface area contributed by atoms with Crippen molar-refractivity contribution in [3.63, 3.8) is 0 Å². The highest BCUT2D eigenvalue weighted by molar-refractivity contribution is 6.21. The molecule has 5 aromatic carbocycles. The molecule has 0 amide bonds. The van der Waals surface area contributed by atoms with Crippen molar-refractivity contribution in [1.29, 1.82) is 0 Å². The van der Waals surface area contributed by atoms with E-state index in [1.165, 1.54) is 60.4 Å². The van der Waals surface area contributed by atoms with Gasteiger partial charge in [-0.25, -0.2) is 4.99 Å². The Hall–Kier alpha value is -5.15. The summed E-state index contributed by atoms with van der Waals surface area (Å²) < 4.78 is 2.35. The van der Waals surface area contributed by atoms with Gasteiger partial charge in [0.1, 0.15) is 0 Å². The molecule has 2 aliphatic rings. The Morgan fingerprint density at radius 2 is 1.52 bits per heavy atom. The van der Waals surface area contributed by atoms with Crippen LogP contribution in [0.1, 0.15) is 30.0 Å². The molecule has 2 heterocycles. The second kappa shape index (κ2) is 10.0. The molecular weight excluding hydrogens is 510 g/mol. The molecule has 3 heteroatoms. The quantitative estimate of drug-likeness (QED) is 0.218. The number of allylic oxidation sites excluding steroid dienone is 4. The second-order valence-electron chi connectivity index (χ2n) is 11.2. The SMILES string of the molecule is CN1C(n2c3ccccc3c3ccc4ccccc4c32)=NC=CC1c1ccc(-c2cccc(C3=CC=CCC3)c2)cc1. The van der Waals surface area contributed by atoms with E-state index in [9.17, 15) is 0 Å². The minimum absolute atomic E-state index is 0.0725. The van der Waals surface area contributed by atoms with E-state index in [2.05, 4.69) is 150 Å². The van der Waals surface area contributed by atoms with Crippen LogP contribution >= 0.6 is 0 Å². The Morgan fingerprint density at radius 1 is 0.714 bits per heavy atom. The number of rotatable bonds is 3. The Balaban J connectivity index is 1.17. The third-order valence-corrected chi connectivity index (χ3v) is 8.78. The smallest absolute Gasteiger partial charge is 0.211 e. The van der Waals surface area contributed by atoms with Crippen LogP contribution in [-0.2, 0) is 0 Å². The first-order chi connectivity index (χ1) is 20.8. The molecule has 1 atom stereocenters. The molecule has 1 aliphatic heterocycles. The largest absolute Gasteiger partial charge is 0.334 e. The van der Waals surface area contributed by atoms with Gasteiger partial charge in [0.2, 0.25) is 5.96 Å². The van der Waals surface area contributed by atoms with Gasteiger partial charge in [-0.15, -0.1) is 0 Å². The third kappa shape index (κ3) is 4.01. The average Bonchev–Trinajstić information content (AvgIpc) is 3.40. The summed E-state index contributed by atoms with van der Waals surface area (Å²) in [7, 11) is 2.16. The molecule has 6 aromatic rings. The van der Waals surface area contributed by atoms with Crippen molar-refractivity contribution >= 4 is 44.1 Å². The van der Waals surface area contributed by atoms with Crippen molar-refractivity contribution < 1.29 is 0 Å². The van der Waals surface area contributed by atoms with Gasteiger partial charge in [-0.3, -0.25) is 4.57 Å². The number of para-hydroxylation sites is 1. The topological polar surface area (TPSA) is 20.5 Å². The lowest BCUT2D eigenvalue weighted by molar-refractivity contribution is 0.420. The minimum atomic E-state index is 0.0725. The first-order valence-corrected chi connectivity index (χ1v) is 14.7. The Bertz CT molecular complexity index is 2100. The molecule has 1 aromatic heterocycles. The molecule has 202 valence electrons. The Kier molecular flexibility index (Phi) is 5.89. The molecule has 0 fully saturated rings. The van der Waals surface area contributed by atoms with Gasteiger partial charge < -0.3 is 4.90 Å².